The highest BCUT2D eigenvalue weighted by atomic mass is 79.9. The Morgan fingerprint density at radius 1 is 0.290 bits per heavy atom. The Hall–Kier alpha value is -3.57. The standard InChI is InChI=1S/C31H54O5.C23H40O5.C23H38O5.C15H27BrO2.C10H18O2.C5H10Br2.CH4.FH.H2/c1-3-5-25-35-28(33)30(21-13-14-22-30)19-11-7-9-17-27(32)18-10-8-12-20-31(23-15-16-24-31)29(34)36-26-6-4-2;2*24-19(11-3-1-5-13-22(20(25)26)15-7-8-16-22)12-4-2-6-14-23(21(27)28)17-9-10-18-23;1-2-3-13-18-14(17)15(10-6-7-11-15)9-5-4-8-12-16;1-2-3-8-12-10(11)9-6-4-5-7-9;6-4-2-1-3-5-7;;;/h3-26H2,1-2H3;19,24H,1-18H2,(H,25,26)(H,27,28);1-18H2,(H,25,26)(H,27,28);2-13H2,1H3;9H,2-8H2,1H3;1-5H2;1H4;2*1H/i;;;;;;;;1+1D. The van der Waals surface area contributed by atoms with E-state index in [1.54, 1.807) is 0 Å². The third-order valence-corrected chi connectivity index (χ3v) is 32.2. The molecule has 0 aromatic rings. The molecule has 0 aromatic carbocycles. The number of carboxylic acids is 4. The number of carbonyl (C=O) groups is 10. The number of halogens is 4. The Labute approximate surface area is 823 Å². The zero-order chi connectivity index (χ0) is 96.7. The lowest BCUT2D eigenvalue weighted by Crippen LogP contribution is -2.30. The average molecular weight is 2060 g/mol. The lowest BCUT2D eigenvalue weighted by Gasteiger charge is -2.26. The number of carbonyl (C=O) groups excluding carboxylic acids is 6. The number of aliphatic hydroxyl groups excluding tert-OH is 1. The van der Waals surface area contributed by atoms with Gasteiger partial charge in [-0.3, -0.25) is 52.6 Å². The minimum atomic E-state index is -0.636. The Bertz CT molecular complexity index is 2860. The number of ketones is 2. The van der Waals surface area contributed by atoms with Gasteiger partial charge in [-0.25, -0.2) is 0 Å². The molecule has 8 aliphatic carbocycles. The van der Waals surface area contributed by atoms with Crippen LogP contribution in [0.5, 0.6) is 0 Å². The maximum atomic E-state index is 12.7. The van der Waals surface area contributed by atoms with Crippen molar-refractivity contribution < 1.29 is 100 Å². The van der Waals surface area contributed by atoms with Crippen molar-refractivity contribution in [1.82, 2.24) is 0 Å². The monoisotopic (exact) mass is 2050 g/mol. The Morgan fingerprint density at radius 2 is 0.489 bits per heavy atom. The molecule has 0 saturated heterocycles. The predicted molar refractivity (Wildman–Crippen MR) is 542 cm³/mol. The average Bonchev–Trinajstić information content (AvgIpc) is 1.72. The number of rotatable bonds is 65. The molecule has 768 valence electrons. The number of hydrogen-bond acceptors (Lipinski definition) is 15. The number of hydrogen-bond donors (Lipinski definition) is 5. The van der Waals surface area contributed by atoms with Crippen LogP contribution >= 0.6 is 47.8 Å². The molecule has 8 saturated carbocycles. The fourth-order valence-corrected chi connectivity index (χ4v) is 22.9. The fraction of sp³-hybridized carbons (Fsp3) is 0.907. The first-order valence-corrected chi connectivity index (χ1v) is 56.7. The molecule has 5 N–H and O–H groups in total. The number of unbranched alkanes of at least 4 members (excludes halogenated alkanes) is 20. The molecule has 0 aliphatic heterocycles. The molecule has 0 heterocycles. The van der Waals surface area contributed by atoms with Gasteiger partial charge in [-0.05, 0) is 231 Å². The summed E-state index contributed by atoms with van der Waals surface area (Å²) in [6.45, 7) is 10.8. The van der Waals surface area contributed by atoms with Crippen LogP contribution in [0.3, 0.4) is 0 Å². The Morgan fingerprint density at radius 3 is 0.710 bits per heavy atom. The van der Waals surface area contributed by atoms with Gasteiger partial charge in [-0.1, -0.05) is 320 Å². The topological polar surface area (TPSA) is 309 Å². The van der Waals surface area contributed by atoms with E-state index < -0.39 is 45.5 Å². The van der Waals surface area contributed by atoms with Gasteiger partial charge in [0.15, 0.2) is 0 Å². The Balaban J connectivity index is 0.00000164. The maximum absolute atomic E-state index is 12.7. The van der Waals surface area contributed by atoms with Crippen LogP contribution in [-0.2, 0) is 66.9 Å². The largest absolute Gasteiger partial charge is 0.481 e. The normalized spacial score (nSPS) is 18.5. The molecule has 23 heteroatoms. The molecular formula is C108H194Br3FO19. The highest BCUT2D eigenvalue weighted by Gasteiger charge is 2.47. The van der Waals surface area contributed by atoms with E-state index in [0.717, 1.165) is 427 Å². The molecule has 0 radical (unpaired) electrons. The van der Waals surface area contributed by atoms with Crippen molar-refractivity contribution in [2.45, 2.75) is 536 Å². The van der Waals surface area contributed by atoms with Crippen molar-refractivity contribution in [2.75, 3.05) is 42.4 Å². The van der Waals surface area contributed by atoms with E-state index in [-0.39, 0.29) is 64.3 Å². The first kappa shape index (κ1) is 123. The molecule has 0 bridgehead atoms. The van der Waals surface area contributed by atoms with Crippen LogP contribution in [0.1, 0.15) is 532 Å². The second kappa shape index (κ2) is 75.4. The van der Waals surface area contributed by atoms with E-state index in [1.807, 2.05) is 0 Å². The van der Waals surface area contributed by atoms with E-state index in [2.05, 4.69) is 75.5 Å². The van der Waals surface area contributed by atoms with Crippen LogP contribution in [0.4, 0.5) is 4.70 Å². The van der Waals surface area contributed by atoms with Crippen LogP contribution in [0, 0.1) is 43.8 Å². The van der Waals surface area contributed by atoms with E-state index in [0.29, 0.717) is 63.7 Å². The predicted octanol–water partition coefficient (Wildman–Crippen LogP) is 30.9. The van der Waals surface area contributed by atoms with Gasteiger partial charge >= 0.3 is 47.8 Å². The molecule has 0 spiro atoms. The van der Waals surface area contributed by atoms with E-state index in [1.165, 1.54) is 57.8 Å². The molecule has 0 aromatic heterocycles. The van der Waals surface area contributed by atoms with Gasteiger partial charge in [0.1, 0.15) is 11.6 Å². The molecule has 8 rings (SSSR count). The minimum absolute atomic E-state index is 0. The number of esters is 4. The summed E-state index contributed by atoms with van der Waals surface area (Å²) in [4.78, 5) is 119. The Kier molecular flexibility index (Phi) is 71.1. The van der Waals surface area contributed by atoms with E-state index in [4.69, 9.17) is 21.9 Å². The number of aliphatic carboxylic acids is 4. The summed E-state index contributed by atoms with van der Waals surface area (Å²) < 4.78 is 31.8. The maximum Gasteiger partial charge on any atom is 0.312 e. The SMILES string of the molecule is BrCCCCCBr.C.CCCCOC(=O)C1(CCCCCBr)CCCC1.CCCCOC(=O)C1(CCCCCC(=O)CCCCCC2(C(=O)OCCCC)CCCC2)CCCC1.CCCCOC(=O)C1CCCC1.F.O=C(CCCCCC1(C(=O)O)CCCC1)CCCCCC1(C(=O)O)CCCC1.O=C(O)C1(CCCCCC(O)CCCCCC2(C(=O)O)CCCC2)CCCC1.[2H][2H]. The van der Waals surface area contributed by atoms with Gasteiger partial charge in [0, 0.05) is 44.6 Å². The quantitative estimate of drug-likeness (QED) is 0.0163. The molecule has 19 nitrogen and oxygen atoms in total. The van der Waals surface area contributed by atoms with Crippen molar-refractivity contribution in [1.29, 1.82) is 0 Å². The molecular weight excluding hydrogens is 1860 g/mol. The number of ether oxygens (including phenoxy) is 4. The summed E-state index contributed by atoms with van der Waals surface area (Å²) in [7, 11) is 0. The molecule has 8 fully saturated rings. The summed E-state index contributed by atoms with van der Waals surface area (Å²) in [6.07, 6.45) is 74.7. The highest BCUT2D eigenvalue weighted by molar-refractivity contribution is 9.09. The van der Waals surface area contributed by atoms with Crippen LogP contribution in [0.2, 0.25) is 0 Å². The van der Waals surface area contributed by atoms with Crippen LogP contribution in [-0.4, -0.2) is 133 Å². The van der Waals surface area contributed by atoms with Crippen LogP contribution in [0.15, 0.2) is 0 Å². The molecule has 0 amide bonds. The van der Waals surface area contributed by atoms with Crippen molar-refractivity contribution in [3.05, 3.63) is 0 Å². The second-order valence-corrected chi connectivity index (χ2v) is 43.1. The van der Waals surface area contributed by atoms with E-state index in [9.17, 15) is 73.5 Å². The van der Waals surface area contributed by atoms with E-state index >= 15 is 0 Å². The summed E-state index contributed by atoms with van der Waals surface area (Å²) in [5, 5.41) is 51.5. The van der Waals surface area contributed by atoms with Crippen molar-refractivity contribution in [3.63, 3.8) is 0 Å². The van der Waals surface area contributed by atoms with Gasteiger partial charge in [0.25, 0.3) is 0 Å². The van der Waals surface area contributed by atoms with Gasteiger partial charge in [-0.2, -0.15) is 0 Å². The number of alkyl halides is 3. The number of aliphatic hydroxyl groups is 1. The van der Waals surface area contributed by atoms with Crippen LogP contribution in [0.25, 0.3) is 0 Å². The zero-order valence-corrected chi connectivity index (χ0v) is 87.3. The molecule has 0 atom stereocenters. The first-order valence-electron chi connectivity index (χ1n) is 54.3. The zero-order valence-electron chi connectivity index (χ0n) is 84.5. The third kappa shape index (κ3) is 50.2. The highest BCUT2D eigenvalue weighted by Crippen LogP contribution is 2.50. The van der Waals surface area contributed by atoms with Crippen molar-refractivity contribution in [2.24, 2.45) is 43.8 Å². The summed E-state index contributed by atoms with van der Waals surface area (Å²) >= 11 is 10.2. The fourth-order valence-electron chi connectivity index (χ4n) is 21.7. The van der Waals surface area contributed by atoms with Crippen molar-refractivity contribution in [3.8, 4) is 0 Å². The molecule has 131 heavy (non-hydrogen) atoms. The lowest BCUT2D eigenvalue weighted by molar-refractivity contribution is -0.157. The van der Waals surface area contributed by atoms with Gasteiger partial charge in [0.2, 0.25) is 0 Å². The van der Waals surface area contributed by atoms with Gasteiger partial charge in [0.05, 0.1) is 76.4 Å². The molecule has 0 unspecified atom stereocenters. The number of Topliss-reactive ketones (excluding diaryl/α,β-unsaturated/α-hetero) is 2. The first-order chi connectivity index (χ1) is 63.3. The molecule has 8 aliphatic rings. The second-order valence-electron chi connectivity index (χ2n) is 40.7. The minimum Gasteiger partial charge on any atom is -0.481 e. The van der Waals surface area contributed by atoms with Gasteiger partial charge < -0.3 is 44.5 Å². The lowest BCUT2D eigenvalue weighted by atomic mass is 9.80. The third-order valence-electron chi connectivity index (χ3n) is 30.5. The summed E-state index contributed by atoms with van der Waals surface area (Å²) in [5.41, 5.74) is -2.54. The van der Waals surface area contributed by atoms with Crippen LogP contribution < -0.4 is 0 Å². The summed E-state index contributed by atoms with van der Waals surface area (Å²) in [6, 6.07) is 0. The van der Waals surface area contributed by atoms with Crippen molar-refractivity contribution >= 4 is 107 Å². The van der Waals surface area contributed by atoms with Gasteiger partial charge in [-0.15, -0.1) is 0 Å². The smallest absolute Gasteiger partial charge is 0.312 e. The number of carboxylic acid groups (broad SMARTS) is 4. The summed E-state index contributed by atoms with van der Waals surface area (Å²) in [5.74, 6) is -1.44.